The van der Waals surface area contributed by atoms with Gasteiger partial charge in [0.1, 0.15) is 29.6 Å². The Bertz CT molecular complexity index is 1930. The molecule has 1 saturated heterocycles. The number of halogens is 3. The summed E-state index contributed by atoms with van der Waals surface area (Å²) >= 11 is 0. The third kappa shape index (κ3) is 5.82. The van der Waals surface area contributed by atoms with Crippen LogP contribution in [0.25, 0.3) is 22.3 Å². The Morgan fingerprint density at radius 3 is 2.61 bits per heavy atom. The van der Waals surface area contributed by atoms with E-state index < -0.39 is 23.4 Å². The van der Waals surface area contributed by atoms with Crippen LogP contribution in [-0.2, 0) is 29.0 Å². The van der Waals surface area contributed by atoms with Crippen molar-refractivity contribution in [3.05, 3.63) is 106 Å². The summed E-state index contributed by atoms with van der Waals surface area (Å²) < 4.78 is 62.4. The lowest BCUT2D eigenvalue weighted by Gasteiger charge is -2.27. The van der Waals surface area contributed by atoms with Crippen LogP contribution in [-0.4, -0.2) is 45.3 Å². The molecule has 44 heavy (non-hydrogen) atoms. The first-order valence-electron chi connectivity index (χ1n) is 13.6. The van der Waals surface area contributed by atoms with E-state index in [1.807, 2.05) is 6.07 Å². The largest absolute Gasteiger partial charge is 0.465 e. The maximum absolute atomic E-state index is 15.4. The summed E-state index contributed by atoms with van der Waals surface area (Å²) in [4.78, 5) is 24.9. The Morgan fingerprint density at radius 2 is 1.91 bits per heavy atom. The molecular weight excluding hydrogens is 575 g/mol. The number of benzene rings is 3. The fraction of sp³-hybridized carbons (Fsp3) is 0.219. The van der Waals surface area contributed by atoms with Crippen molar-refractivity contribution in [2.75, 3.05) is 13.7 Å². The van der Waals surface area contributed by atoms with Crippen LogP contribution in [0.4, 0.5) is 13.2 Å². The molecule has 6 rings (SSSR count). The van der Waals surface area contributed by atoms with Gasteiger partial charge >= 0.3 is 12.0 Å². The number of ether oxygens (including phenoxy) is 3. The zero-order valence-corrected chi connectivity index (χ0v) is 23.4. The van der Waals surface area contributed by atoms with Gasteiger partial charge in [0, 0.05) is 30.4 Å². The van der Waals surface area contributed by atoms with Crippen molar-refractivity contribution in [3.8, 4) is 23.3 Å². The highest BCUT2D eigenvalue weighted by Gasteiger charge is 2.24. The maximum atomic E-state index is 15.4. The summed E-state index contributed by atoms with van der Waals surface area (Å²) in [6.07, 6.45) is 2.33. The second-order valence-electron chi connectivity index (χ2n) is 10.2. The number of nitriles is 1. The molecule has 1 aliphatic rings. The highest BCUT2D eigenvalue weighted by Crippen LogP contribution is 2.28. The molecule has 0 spiro atoms. The number of rotatable bonds is 9. The van der Waals surface area contributed by atoms with E-state index in [0.29, 0.717) is 30.1 Å². The number of fused-ring (bicyclic) bond motifs is 1. The lowest BCUT2D eigenvalue weighted by Crippen LogP contribution is -2.31. The van der Waals surface area contributed by atoms with Crippen molar-refractivity contribution in [2.45, 2.75) is 32.1 Å². The Hall–Kier alpha value is -5.28. The SMILES string of the molecule is COC(=O)c1cc(F)c2nc(Cc3ccc(-c4ccnc(OCc5ccc(C#N)cc5F)n4)c(F)c3)n(C[C@@H]3CCO3)c2c1. The molecule has 0 saturated carbocycles. The number of carbonyl (C=O) groups is 1. The number of nitrogens with zero attached hydrogens (tertiary/aromatic N) is 5. The van der Waals surface area contributed by atoms with Gasteiger partial charge in [-0.15, -0.1) is 0 Å². The average Bonchev–Trinajstić information content (AvgIpc) is 3.35. The Morgan fingerprint density at radius 1 is 1.07 bits per heavy atom. The fourth-order valence-electron chi connectivity index (χ4n) is 4.93. The normalized spacial score (nSPS) is 14.2. The number of imidazole rings is 1. The molecule has 1 aliphatic heterocycles. The van der Waals surface area contributed by atoms with Crippen molar-refractivity contribution in [2.24, 2.45) is 0 Å². The van der Waals surface area contributed by atoms with E-state index in [1.165, 1.54) is 43.6 Å². The van der Waals surface area contributed by atoms with E-state index in [2.05, 4.69) is 15.0 Å². The molecule has 0 bridgehead atoms. The number of carbonyl (C=O) groups excluding carboxylic acids is 1. The summed E-state index contributed by atoms with van der Waals surface area (Å²) in [5.41, 5.74) is 2.00. The van der Waals surface area contributed by atoms with Crippen molar-refractivity contribution in [1.82, 2.24) is 19.5 Å². The van der Waals surface area contributed by atoms with Crippen LogP contribution >= 0.6 is 0 Å². The second kappa shape index (κ2) is 12.1. The first-order valence-corrected chi connectivity index (χ1v) is 13.6. The molecule has 3 heterocycles. The molecule has 2 aromatic heterocycles. The third-order valence-corrected chi connectivity index (χ3v) is 7.33. The summed E-state index contributed by atoms with van der Waals surface area (Å²) in [6.45, 7) is 0.840. The van der Waals surface area contributed by atoms with Gasteiger partial charge in [-0.1, -0.05) is 12.1 Å². The fourth-order valence-corrected chi connectivity index (χ4v) is 4.93. The van der Waals surface area contributed by atoms with Gasteiger partial charge in [-0.25, -0.2) is 27.9 Å². The highest BCUT2D eigenvalue weighted by molar-refractivity contribution is 5.94. The van der Waals surface area contributed by atoms with E-state index in [9.17, 15) is 9.18 Å². The van der Waals surface area contributed by atoms with Gasteiger partial charge in [0.2, 0.25) is 0 Å². The van der Waals surface area contributed by atoms with E-state index in [1.54, 1.807) is 16.7 Å². The van der Waals surface area contributed by atoms with E-state index in [4.69, 9.17) is 19.5 Å². The van der Waals surface area contributed by atoms with Gasteiger partial charge < -0.3 is 18.8 Å². The lowest BCUT2D eigenvalue weighted by atomic mass is 10.1. The molecule has 0 unspecified atom stereocenters. The zero-order chi connectivity index (χ0) is 30.8. The number of aromatic nitrogens is 4. The molecule has 1 atom stereocenters. The van der Waals surface area contributed by atoms with Crippen LogP contribution in [0, 0.1) is 28.8 Å². The van der Waals surface area contributed by atoms with E-state index in [-0.39, 0.29) is 58.6 Å². The molecule has 5 aromatic rings. The molecule has 12 heteroatoms. The maximum Gasteiger partial charge on any atom is 0.338 e. The van der Waals surface area contributed by atoms with Crippen molar-refractivity contribution in [3.63, 3.8) is 0 Å². The van der Waals surface area contributed by atoms with Gasteiger partial charge in [-0.05, 0) is 54.4 Å². The number of esters is 1. The molecule has 0 amide bonds. The van der Waals surface area contributed by atoms with Crippen LogP contribution in [0.2, 0.25) is 0 Å². The summed E-state index contributed by atoms with van der Waals surface area (Å²) in [5, 5.41) is 8.91. The quantitative estimate of drug-likeness (QED) is 0.204. The van der Waals surface area contributed by atoms with Gasteiger partial charge in [-0.2, -0.15) is 10.2 Å². The molecule has 0 radical (unpaired) electrons. The Labute approximate surface area is 249 Å². The van der Waals surface area contributed by atoms with Crippen LogP contribution in [0.1, 0.15) is 39.3 Å². The zero-order valence-electron chi connectivity index (χ0n) is 23.4. The minimum atomic E-state index is -0.669. The lowest BCUT2D eigenvalue weighted by molar-refractivity contribution is -0.0589. The van der Waals surface area contributed by atoms with E-state index >= 15 is 8.78 Å². The third-order valence-electron chi connectivity index (χ3n) is 7.33. The van der Waals surface area contributed by atoms with Gasteiger partial charge in [0.15, 0.2) is 5.82 Å². The van der Waals surface area contributed by atoms with Crippen molar-refractivity contribution < 1.29 is 32.2 Å². The van der Waals surface area contributed by atoms with E-state index in [0.717, 1.165) is 18.6 Å². The topological polar surface area (TPSA) is 112 Å². The summed E-state index contributed by atoms with van der Waals surface area (Å²) in [7, 11) is 1.22. The van der Waals surface area contributed by atoms with Gasteiger partial charge in [0.05, 0.1) is 48.2 Å². The molecule has 0 aliphatic carbocycles. The smallest absolute Gasteiger partial charge is 0.338 e. The molecule has 3 aromatic carbocycles. The van der Waals surface area contributed by atoms with Crippen LogP contribution in [0.15, 0.2) is 60.8 Å². The summed E-state index contributed by atoms with van der Waals surface area (Å²) in [5.74, 6) is -2.01. The van der Waals surface area contributed by atoms with Crippen molar-refractivity contribution in [1.29, 1.82) is 5.26 Å². The van der Waals surface area contributed by atoms with Crippen molar-refractivity contribution >= 4 is 17.0 Å². The standard InChI is InChI=1S/C32H24F3N5O4/c1-42-31(41)21-13-26(35)30-28(14-21)40(16-22-7-9-43-22)29(39-30)12-18-3-5-23(25(34)10-18)27-6-8-37-32(38-27)44-17-20-4-2-19(15-36)11-24(20)33/h2-6,8,10-11,13-14,22H,7,9,12,16-17H2,1H3/t22-/m0/s1. The Balaban J connectivity index is 1.25. The predicted molar refractivity (Wildman–Crippen MR) is 151 cm³/mol. The van der Waals surface area contributed by atoms with Crippen LogP contribution in [0.5, 0.6) is 6.01 Å². The minimum Gasteiger partial charge on any atom is -0.465 e. The minimum absolute atomic E-state index is 0.0605. The van der Waals surface area contributed by atoms with Crippen LogP contribution < -0.4 is 4.74 Å². The monoisotopic (exact) mass is 599 g/mol. The summed E-state index contributed by atoms with van der Waals surface area (Å²) in [6, 6.07) is 14.6. The number of hydrogen-bond donors (Lipinski definition) is 0. The highest BCUT2D eigenvalue weighted by atomic mass is 19.1. The van der Waals surface area contributed by atoms with Gasteiger partial charge in [0.25, 0.3) is 0 Å². The molecular formula is C32H24F3N5O4. The molecule has 9 nitrogen and oxygen atoms in total. The number of methoxy groups -OCH3 is 1. The average molecular weight is 600 g/mol. The molecule has 0 N–H and O–H groups in total. The first kappa shape index (κ1) is 28.8. The molecule has 1 fully saturated rings. The predicted octanol–water partition coefficient (Wildman–Crippen LogP) is 5.53. The van der Waals surface area contributed by atoms with Crippen LogP contribution in [0.3, 0.4) is 0 Å². The molecule has 222 valence electrons. The second-order valence-corrected chi connectivity index (χ2v) is 10.2. The number of hydrogen-bond acceptors (Lipinski definition) is 8. The first-order chi connectivity index (χ1) is 21.3. The Kier molecular flexibility index (Phi) is 7.95. The van der Waals surface area contributed by atoms with Gasteiger partial charge in [-0.3, -0.25) is 0 Å².